The second-order valence-electron chi connectivity index (χ2n) is 11.8. The van der Waals surface area contributed by atoms with Crippen molar-refractivity contribution in [2.75, 3.05) is 19.8 Å². The second kappa shape index (κ2) is 22.6. The molecule has 7 nitrogen and oxygen atoms in total. The van der Waals surface area contributed by atoms with Crippen LogP contribution in [0.15, 0.2) is 107 Å². The highest BCUT2D eigenvalue weighted by atomic mass is 35.7. The summed E-state index contributed by atoms with van der Waals surface area (Å²) in [5.74, 6) is 0. The predicted octanol–water partition coefficient (Wildman–Crippen LogP) is 8.13. The van der Waals surface area contributed by atoms with Crippen molar-refractivity contribution in [2.24, 2.45) is 0 Å². The van der Waals surface area contributed by atoms with Crippen LogP contribution in [0.25, 0.3) is 0 Å². The van der Waals surface area contributed by atoms with E-state index in [9.17, 15) is 16.8 Å². The number of aliphatic hydroxyl groups is 2. The Bertz CT molecular complexity index is 1700. The van der Waals surface area contributed by atoms with E-state index >= 15 is 0 Å². The lowest BCUT2D eigenvalue weighted by Crippen LogP contribution is -2.08. The van der Waals surface area contributed by atoms with Gasteiger partial charge in [0.1, 0.15) is 0 Å². The van der Waals surface area contributed by atoms with Crippen LogP contribution in [-0.4, -0.2) is 46.9 Å². The van der Waals surface area contributed by atoms with E-state index in [-0.39, 0.29) is 29.6 Å². The first-order valence-electron chi connectivity index (χ1n) is 16.7. The van der Waals surface area contributed by atoms with Gasteiger partial charge in [-0.15, -0.1) is 0 Å². The van der Waals surface area contributed by atoms with Gasteiger partial charge in [0.05, 0.1) is 16.4 Å². The van der Waals surface area contributed by atoms with Crippen molar-refractivity contribution < 1.29 is 31.2 Å². The Kier molecular flexibility index (Phi) is 19.4. The number of aryl methyl sites for hydroxylation is 6. The summed E-state index contributed by atoms with van der Waals surface area (Å²) in [5.41, 5.74) is 7.16. The van der Waals surface area contributed by atoms with E-state index in [2.05, 4.69) is 49.4 Å². The SMILES string of the molecule is CCCCc1cccc(CCCOS(=O)(=O)c2ccc(C)cc2)c1.Cc1ccc(S(=O)(=O)Cl)cc1.OCCCc1cccc(CCCO)c1. The van der Waals surface area contributed by atoms with Gasteiger partial charge in [-0.25, -0.2) is 8.42 Å². The summed E-state index contributed by atoms with van der Waals surface area (Å²) < 4.78 is 50.8. The third-order valence-electron chi connectivity index (χ3n) is 7.51. The zero-order chi connectivity index (χ0) is 36.1. The van der Waals surface area contributed by atoms with E-state index in [4.69, 9.17) is 25.1 Å². The Morgan fingerprint density at radius 1 is 0.571 bits per heavy atom. The van der Waals surface area contributed by atoms with Gasteiger partial charge >= 0.3 is 0 Å². The number of hydrogen-bond donors (Lipinski definition) is 2. The van der Waals surface area contributed by atoms with E-state index in [1.54, 1.807) is 36.4 Å². The van der Waals surface area contributed by atoms with Crippen LogP contribution in [0.3, 0.4) is 0 Å². The summed E-state index contributed by atoms with van der Waals surface area (Å²) in [4.78, 5) is 0.361. The van der Waals surface area contributed by atoms with E-state index in [1.807, 2.05) is 19.9 Å². The highest BCUT2D eigenvalue weighted by Crippen LogP contribution is 2.16. The molecule has 0 saturated carbocycles. The molecule has 0 heterocycles. The van der Waals surface area contributed by atoms with Crippen LogP contribution >= 0.6 is 10.7 Å². The molecule has 0 spiro atoms. The standard InChI is InChI=1S/C20H26O3S.C12H18O2.C7H7ClO2S/c1-3-4-7-18-8-5-9-19(16-18)10-6-15-23-24(21,22)20-13-11-17(2)12-14-20;13-8-2-6-11-4-1-5-12(10-11)7-3-9-14;1-6-2-4-7(5-3-6)11(8,9)10/h5,8-9,11-14,16H,3-4,6-7,10,15H2,1-2H3;1,4-5,10,13-14H,2-3,6-9H2;2-5H,1H3. The molecule has 4 aromatic carbocycles. The highest BCUT2D eigenvalue weighted by Gasteiger charge is 2.14. The maximum Gasteiger partial charge on any atom is 0.296 e. The van der Waals surface area contributed by atoms with E-state index < -0.39 is 19.2 Å². The van der Waals surface area contributed by atoms with Crippen molar-refractivity contribution in [3.05, 3.63) is 130 Å². The van der Waals surface area contributed by atoms with Gasteiger partial charge in [0.25, 0.3) is 19.2 Å². The van der Waals surface area contributed by atoms with E-state index in [0.29, 0.717) is 6.42 Å². The van der Waals surface area contributed by atoms with Gasteiger partial charge in [-0.1, -0.05) is 97.3 Å². The summed E-state index contributed by atoms with van der Waals surface area (Å²) >= 11 is 0. The second-order valence-corrected chi connectivity index (χ2v) is 16.0. The zero-order valence-corrected chi connectivity index (χ0v) is 31.2. The fraction of sp³-hybridized carbons (Fsp3) is 0.385. The minimum atomic E-state index is -3.65. The van der Waals surface area contributed by atoms with Crippen molar-refractivity contribution in [1.82, 2.24) is 0 Å². The normalized spacial score (nSPS) is 11.2. The van der Waals surface area contributed by atoms with E-state index in [0.717, 1.165) is 49.7 Å². The van der Waals surface area contributed by atoms with Gasteiger partial charge in [0, 0.05) is 23.9 Å². The molecule has 4 rings (SSSR count). The number of halogens is 1. The molecule has 0 atom stereocenters. The number of unbranched alkanes of at least 4 members (excludes halogenated alkanes) is 1. The molecule has 0 aliphatic rings. The molecule has 0 aromatic heterocycles. The van der Waals surface area contributed by atoms with E-state index in [1.165, 1.54) is 47.2 Å². The third kappa shape index (κ3) is 17.4. The fourth-order valence-corrected chi connectivity index (χ4v) is 6.46. The Hall–Kier alpha value is -3.05. The van der Waals surface area contributed by atoms with Gasteiger partial charge in [0.2, 0.25) is 0 Å². The van der Waals surface area contributed by atoms with Crippen LogP contribution in [0, 0.1) is 13.8 Å². The average molecular weight is 731 g/mol. The first-order valence-corrected chi connectivity index (χ1v) is 20.4. The summed E-state index contributed by atoms with van der Waals surface area (Å²) in [6, 6.07) is 30.0. The molecule has 0 radical (unpaired) electrons. The Balaban J connectivity index is 0.000000282. The molecule has 0 aliphatic carbocycles. The maximum atomic E-state index is 12.1. The Morgan fingerprint density at radius 3 is 1.35 bits per heavy atom. The molecular weight excluding hydrogens is 680 g/mol. The molecule has 0 fully saturated rings. The van der Waals surface area contributed by atoms with Crippen molar-refractivity contribution in [1.29, 1.82) is 0 Å². The summed E-state index contributed by atoms with van der Waals surface area (Å²) in [7, 11) is -2.12. The smallest absolute Gasteiger partial charge is 0.296 e. The predicted molar refractivity (Wildman–Crippen MR) is 199 cm³/mol. The number of hydrogen-bond acceptors (Lipinski definition) is 7. The molecule has 49 heavy (non-hydrogen) atoms. The molecule has 0 amide bonds. The minimum Gasteiger partial charge on any atom is -0.396 e. The van der Waals surface area contributed by atoms with Crippen LogP contribution in [0.1, 0.15) is 72.4 Å². The number of aliphatic hydroxyl groups excluding tert-OH is 2. The summed E-state index contributed by atoms with van der Waals surface area (Å²) in [6.07, 6.45) is 8.50. The molecule has 0 aliphatic heterocycles. The molecular formula is C39H51ClO7S2. The minimum absolute atomic E-state index is 0.143. The van der Waals surface area contributed by atoms with Crippen molar-refractivity contribution >= 4 is 29.9 Å². The summed E-state index contributed by atoms with van der Waals surface area (Å²) in [6.45, 7) is 6.70. The average Bonchev–Trinajstić information content (AvgIpc) is 3.08. The van der Waals surface area contributed by atoms with Gasteiger partial charge in [-0.2, -0.15) is 8.42 Å². The fourth-order valence-electron chi connectivity index (χ4n) is 4.75. The van der Waals surface area contributed by atoms with Crippen molar-refractivity contribution in [3.63, 3.8) is 0 Å². The number of benzene rings is 4. The van der Waals surface area contributed by atoms with Gasteiger partial charge in [0.15, 0.2) is 0 Å². The molecule has 2 N–H and O–H groups in total. The third-order valence-corrected chi connectivity index (χ3v) is 10.2. The van der Waals surface area contributed by atoms with Crippen LogP contribution in [-0.2, 0) is 49.0 Å². The van der Waals surface area contributed by atoms with Crippen LogP contribution in [0.2, 0.25) is 0 Å². The maximum absolute atomic E-state index is 12.1. The van der Waals surface area contributed by atoms with Crippen LogP contribution < -0.4 is 0 Å². The Labute approximate surface area is 298 Å². The van der Waals surface area contributed by atoms with Crippen LogP contribution in [0.5, 0.6) is 0 Å². The first kappa shape index (κ1) is 42.1. The first-order chi connectivity index (χ1) is 23.4. The summed E-state index contributed by atoms with van der Waals surface area (Å²) in [5, 5.41) is 17.4. The largest absolute Gasteiger partial charge is 0.396 e. The van der Waals surface area contributed by atoms with Gasteiger partial charge in [-0.05, 0) is 112 Å². The zero-order valence-electron chi connectivity index (χ0n) is 28.9. The van der Waals surface area contributed by atoms with Crippen molar-refractivity contribution in [3.8, 4) is 0 Å². The quantitative estimate of drug-likeness (QED) is 0.0679. The number of rotatable bonds is 16. The topological polar surface area (TPSA) is 118 Å². The lowest BCUT2D eigenvalue weighted by atomic mass is 10.0. The van der Waals surface area contributed by atoms with Crippen LogP contribution in [0.4, 0.5) is 0 Å². The Morgan fingerprint density at radius 2 is 0.959 bits per heavy atom. The highest BCUT2D eigenvalue weighted by molar-refractivity contribution is 8.13. The van der Waals surface area contributed by atoms with Gasteiger partial charge in [-0.3, -0.25) is 4.18 Å². The lowest BCUT2D eigenvalue weighted by molar-refractivity contribution is 0.288. The molecule has 4 aromatic rings. The molecule has 0 saturated heterocycles. The van der Waals surface area contributed by atoms with Crippen molar-refractivity contribution in [2.45, 2.75) is 88.3 Å². The molecule has 0 bridgehead atoms. The van der Waals surface area contributed by atoms with Gasteiger partial charge < -0.3 is 10.2 Å². The molecule has 10 heteroatoms. The monoisotopic (exact) mass is 730 g/mol. The molecule has 0 unspecified atom stereocenters. The lowest BCUT2D eigenvalue weighted by Gasteiger charge is -2.07. The molecule has 268 valence electrons.